The average molecular weight is 465 g/mol. The Balaban J connectivity index is 1.79. The number of hydrogen-bond donors (Lipinski definition) is 1. The first-order valence-corrected chi connectivity index (χ1v) is 11.5. The molecule has 1 heterocycles. The highest BCUT2D eigenvalue weighted by atomic mass is 35.5. The lowest BCUT2D eigenvalue weighted by molar-refractivity contribution is -0.141. The highest BCUT2D eigenvalue weighted by Gasteiger charge is 2.33. The molecule has 5 heteroatoms. The zero-order valence-electron chi connectivity index (χ0n) is 19.0. The van der Waals surface area contributed by atoms with Crippen molar-refractivity contribution in [2.75, 3.05) is 19.8 Å². The fourth-order valence-corrected chi connectivity index (χ4v) is 4.23. The summed E-state index contributed by atoms with van der Waals surface area (Å²) in [6, 6.07) is 25.9. The number of halogens is 1. The van der Waals surface area contributed by atoms with E-state index in [0.29, 0.717) is 24.7 Å². The summed E-state index contributed by atoms with van der Waals surface area (Å²) in [6.07, 6.45) is 0.367. The van der Waals surface area contributed by atoms with Gasteiger partial charge in [0.15, 0.2) is 5.79 Å². The third kappa shape index (κ3) is 5.84. The minimum absolute atomic E-state index is 0.0344. The van der Waals surface area contributed by atoms with Gasteiger partial charge >= 0.3 is 0 Å². The first-order chi connectivity index (χ1) is 16.0. The van der Waals surface area contributed by atoms with Crippen LogP contribution >= 0.6 is 11.6 Å². The molecule has 1 N–H and O–H groups in total. The van der Waals surface area contributed by atoms with E-state index in [1.165, 1.54) is 0 Å². The molecule has 33 heavy (non-hydrogen) atoms. The lowest BCUT2D eigenvalue weighted by Gasteiger charge is -2.21. The molecule has 1 saturated heterocycles. The Morgan fingerprint density at radius 1 is 0.970 bits per heavy atom. The molecule has 1 atom stereocenters. The van der Waals surface area contributed by atoms with E-state index < -0.39 is 5.79 Å². The van der Waals surface area contributed by atoms with Crippen LogP contribution in [0.25, 0.3) is 11.1 Å². The summed E-state index contributed by atoms with van der Waals surface area (Å²) in [7, 11) is 0. The third-order valence-corrected chi connectivity index (χ3v) is 5.82. The molecule has 0 saturated carbocycles. The average Bonchev–Trinajstić information content (AvgIpc) is 3.18. The van der Waals surface area contributed by atoms with E-state index in [-0.39, 0.29) is 12.7 Å². The lowest BCUT2D eigenvalue weighted by Crippen LogP contribution is -2.25. The molecule has 4 nitrogen and oxygen atoms in total. The molecule has 0 aromatic heterocycles. The van der Waals surface area contributed by atoms with Crippen molar-refractivity contribution in [2.24, 2.45) is 0 Å². The van der Waals surface area contributed by atoms with Crippen LogP contribution in [-0.4, -0.2) is 36.8 Å². The van der Waals surface area contributed by atoms with Gasteiger partial charge in [0.1, 0.15) is 18.5 Å². The molecule has 0 spiro atoms. The maximum Gasteiger partial charge on any atom is 0.163 e. The number of ether oxygens (including phenoxy) is 3. The topological polar surface area (TPSA) is 47.9 Å². The maximum absolute atomic E-state index is 9.93. The van der Waals surface area contributed by atoms with Crippen molar-refractivity contribution < 1.29 is 19.3 Å². The molecular formula is C28H29ClO4. The summed E-state index contributed by atoms with van der Waals surface area (Å²) >= 11 is 6.19. The number of aliphatic hydroxyl groups is 1. The first-order valence-electron chi connectivity index (χ1n) is 11.2. The van der Waals surface area contributed by atoms with Gasteiger partial charge in [-0.25, -0.2) is 0 Å². The van der Waals surface area contributed by atoms with Crippen LogP contribution in [-0.2, 0) is 9.47 Å². The van der Waals surface area contributed by atoms with Gasteiger partial charge in [-0.2, -0.15) is 0 Å². The van der Waals surface area contributed by atoms with E-state index in [2.05, 4.69) is 18.2 Å². The van der Waals surface area contributed by atoms with Gasteiger partial charge in [0, 0.05) is 17.2 Å². The highest BCUT2D eigenvalue weighted by molar-refractivity contribution is 6.30. The summed E-state index contributed by atoms with van der Waals surface area (Å²) in [4.78, 5) is 0. The fraction of sp³-hybridized carbons (Fsp3) is 0.286. The minimum atomic E-state index is -0.594. The number of para-hydroxylation sites is 1. The van der Waals surface area contributed by atoms with Crippen LogP contribution in [0.2, 0.25) is 5.02 Å². The monoisotopic (exact) mass is 464 g/mol. The molecule has 3 aromatic carbocycles. The van der Waals surface area contributed by atoms with Gasteiger partial charge in [-0.3, -0.25) is 0 Å². The molecule has 0 aliphatic carbocycles. The second-order valence-corrected chi connectivity index (χ2v) is 8.89. The molecule has 3 aromatic rings. The molecule has 4 rings (SSSR count). The summed E-state index contributed by atoms with van der Waals surface area (Å²) in [5.41, 5.74) is 5.06. The maximum atomic E-state index is 9.93. The van der Waals surface area contributed by atoms with Gasteiger partial charge in [-0.15, -0.1) is 0 Å². The summed E-state index contributed by atoms with van der Waals surface area (Å²) in [5, 5.41) is 10.6. The van der Waals surface area contributed by atoms with Gasteiger partial charge in [0.05, 0.1) is 6.61 Å². The predicted molar refractivity (Wildman–Crippen MR) is 132 cm³/mol. The van der Waals surface area contributed by atoms with Crippen molar-refractivity contribution in [3.8, 4) is 5.75 Å². The van der Waals surface area contributed by atoms with E-state index >= 15 is 0 Å². The molecule has 1 fully saturated rings. The molecule has 172 valence electrons. The molecule has 0 radical (unpaired) electrons. The van der Waals surface area contributed by atoms with E-state index in [1.807, 2.05) is 74.5 Å². The van der Waals surface area contributed by atoms with Crippen molar-refractivity contribution in [2.45, 2.75) is 32.2 Å². The molecule has 1 aliphatic rings. The zero-order chi connectivity index (χ0) is 23.3. The first kappa shape index (κ1) is 23.5. The van der Waals surface area contributed by atoms with E-state index in [1.54, 1.807) is 0 Å². The van der Waals surface area contributed by atoms with Gasteiger partial charge in [0.2, 0.25) is 0 Å². The highest BCUT2D eigenvalue weighted by Crippen LogP contribution is 2.39. The number of hydrogen-bond acceptors (Lipinski definition) is 4. The Labute approximate surface area is 200 Å². The quantitative estimate of drug-likeness (QED) is 0.402. The smallest absolute Gasteiger partial charge is 0.163 e. The van der Waals surface area contributed by atoms with Gasteiger partial charge < -0.3 is 19.3 Å². The molecular weight excluding hydrogens is 436 g/mol. The van der Waals surface area contributed by atoms with Crippen LogP contribution in [0.15, 0.2) is 78.9 Å². The minimum Gasteiger partial charge on any atom is -0.490 e. The second-order valence-electron chi connectivity index (χ2n) is 8.46. The van der Waals surface area contributed by atoms with Crippen molar-refractivity contribution in [3.63, 3.8) is 0 Å². The normalized spacial score (nSPS) is 18.1. The van der Waals surface area contributed by atoms with E-state index in [9.17, 15) is 5.11 Å². The van der Waals surface area contributed by atoms with Crippen molar-refractivity contribution >= 4 is 22.7 Å². The van der Waals surface area contributed by atoms with Gasteiger partial charge in [0.25, 0.3) is 0 Å². The third-order valence-electron chi connectivity index (χ3n) is 5.57. The Morgan fingerprint density at radius 2 is 1.67 bits per heavy atom. The largest absolute Gasteiger partial charge is 0.490 e. The Morgan fingerprint density at radius 3 is 2.33 bits per heavy atom. The summed E-state index contributed by atoms with van der Waals surface area (Å²) < 4.78 is 17.9. The predicted octanol–water partition coefficient (Wildman–Crippen LogP) is 6.21. The summed E-state index contributed by atoms with van der Waals surface area (Å²) in [5.74, 6) is 0.158. The van der Waals surface area contributed by atoms with Crippen LogP contribution in [0.3, 0.4) is 0 Å². The molecule has 0 amide bonds. The number of aliphatic hydroxyl groups excluding tert-OH is 1. The van der Waals surface area contributed by atoms with Crippen LogP contribution in [0.1, 0.15) is 37.0 Å². The van der Waals surface area contributed by atoms with Crippen LogP contribution in [0.4, 0.5) is 0 Å². The molecule has 1 unspecified atom stereocenters. The lowest BCUT2D eigenvalue weighted by atomic mass is 9.87. The van der Waals surface area contributed by atoms with Crippen LogP contribution in [0, 0.1) is 0 Å². The Kier molecular flexibility index (Phi) is 7.51. The number of rotatable bonds is 8. The van der Waals surface area contributed by atoms with Crippen LogP contribution in [0.5, 0.6) is 5.75 Å². The fourth-order valence-electron chi connectivity index (χ4n) is 4.10. The van der Waals surface area contributed by atoms with Gasteiger partial charge in [-0.1, -0.05) is 72.3 Å². The second kappa shape index (κ2) is 10.5. The van der Waals surface area contributed by atoms with Crippen molar-refractivity contribution in [1.29, 1.82) is 0 Å². The Hall–Kier alpha value is -2.63. The Bertz CT molecular complexity index is 1090. The van der Waals surface area contributed by atoms with Crippen molar-refractivity contribution in [3.05, 3.63) is 101 Å². The molecule has 1 aliphatic heterocycles. The standard InChI is InChI=1S/C28H29ClO4/c1-28(2)32-19-23(33-28)18-31-26-11-7-6-10-25(26)27(21-12-14-22(29)15-13-21)24(16-17-30)20-8-4-3-5-9-20/h3-15,23,30H,16-19H2,1-2H3/b27-24-. The SMILES string of the molecule is CC1(C)OCC(COc2ccccc2/C(=C(/CCO)c2ccccc2)c2ccc(Cl)cc2)O1. The van der Waals surface area contributed by atoms with E-state index in [4.69, 9.17) is 25.8 Å². The summed E-state index contributed by atoms with van der Waals surface area (Å²) in [6.45, 7) is 4.73. The molecule has 0 bridgehead atoms. The van der Waals surface area contributed by atoms with E-state index in [0.717, 1.165) is 33.6 Å². The zero-order valence-corrected chi connectivity index (χ0v) is 19.7. The van der Waals surface area contributed by atoms with Crippen LogP contribution < -0.4 is 4.74 Å². The van der Waals surface area contributed by atoms with Gasteiger partial charge in [-0.05, 0) is 60.7 Å². The number of benzene rings is 3. The van der Waals surface area contributed by atoms with Crippen molar-refractivity contribution in [1.82, 2.24) is 0 Å².